The van der Waals surface area contributed by atoms with Gasteiger partial charge >= 0.3 is 20.1 Å². The van der Waals surface area contributed by atoms with E-state index in [1.807, 2.05) is 0 Å². The summed E-state index contributed by atoms with van der Waals surface area (Å²) in [4.78, 5) is 47.8. The predicted octanol–water partition coefficient (Wildman–Crippen LogP) is 3.93. The van der Waals surface area contributed by atoms with E-state index in [1.54, 1.807) is 38.5 Å². The second-order valence-corrected chi connectivity index (χ2v) is 12.7. The van der Waals surface area contributed by atoms with Crippen molar-refractivity contribution in [3.63, 3.8) is 0 Å². The number of nitrogens with two attached hydrogens (primary N) is 1. The number of nitrogen functional groups attached to an aromatic ring is 1. The summed E-state index contributed by atoms with van der Waals surface area (Å²) in [7, 11) is -2.43. The van der Waals surface area contributed by atoms with Crippen LogP contribution in [0.15, 0.2) is 16.7 Å². The summed E-state index contributed by atoms with van der Waals surface area (Å²) < 4.78 is 31.0. The molecule has 2 aromatic heterocycles. The van der Waals surface area contributed by atoms with Crippen molar-refractivity contribution in [1.29, 1.82) is 0 Å². The smallest absolute Gasteiger partial charge is 0.464 e. The zero-order valence-corrected chi connectivity index (χ0v) is 25.6. The number of anilines is 1. The summed E-state index contributed by atoms with van der Waals surface area (Å²) in [5.41, 5.74) is 4.98. The van der Waals surface area contributed by atoms with Crippen LogP contribution in [0, 0.1) is 16.7 Å². The van der Waals surface area contributed by atoms with Crippen molar-refractivity contribution in [3.05, 3.63) is 22.3 Å². The highest BCUT2D eigenvalue weighted by atomic mass is 31.1. The number of hydrogen-bond acceptors (Lipinski definition) is 10. The largest absolute Gasteiger partial charge is 0.613 e. The molecule has 2 aromatic rings. The Kier molecular flexibility index (Phi) is 10.8. The van der Waals surface area contributed by atoms with Crippen LogP contribution in [-0.2, 0) is 28.2 Å². The van der Waals surface area contributed by atoms with Crippen LogP contribution in [0.1, 0.15) is 73.6 Å². The Labute approximate surface area is 240 Å². The maximum absolute atomic E-state index is 12.7. The molecule has 226 valence electrons. The SMILES string of the molecule is CCCC(CCC)COC(=O)C(C)N[P+](=O)OCC1(COC(=O)C(C)(C)C)CC1=Cn1cnc2c(=O)[nH]c(N)nc21. The first-order valence-electron chi connectivity index (χ1n) is 13.9. The Morgan fingerprint density at radius 3 is 2.56 bits per heavy atom. The first kappa shape index (κ1) is 32.4. The molecule has 1 fully saturated rings. The van der Waals surface area contributed by atoms with Gasteiger partial charge in [-0.2, -0.15) is 4.98 Å². The molecule has 4 N–H and O–H groups in total. The highest BCUT2D eigenvalue weighted by Gasteiger charge is 2.53. The Balaban J connectivity index is 1.67. The number of rotatable bonds is 15. The summed E-state index contributed by atoms with van der Waals surface area (Å²) in [5, 5.41) is 2.66. The van der Waals surface area contributed by atoms with Gasteiger partial charge in [-0.05, 0) is 63.0 Å². The van der Waals surface area contributed by atoms with E-state index in [4.69, 9.17) is 19.7 Å². The number of carbonyl (C=O) groups excluding carboxylic acids is 2. The molecule has 0 spiro atoms. The molecule has 1 aliphatic carbocycles. The molecule has 3 unspecified atom stereocenters. The molecule has 0 bridgehead atoms. The Hall–Kier alpha value is -3.15. The topological polar surface area (TPSA) is 181 Å². The minimum atomic E-state index is -2.43. The lowest BCUT2D eigenvalue weighted by molar-refractivity contribution is -0.155. The second kappa shape index (κ2) is 13.7. The third-order valence-corrected chi connectivity index (χ3v) is 7.85. The van der Waals surface area contributed by atoms with Crippen LogP contribution >= 0.6 is 8.18 Å². The normalized spacial score (nSPS) is 19.0. The predicted molar refractivity (Wildman–Crippen MR) is 155 cm³/mol. The third-order valence-electron chi connectivity index (χ3n) is 6.89. The molecule has 0 aromatic carbocycles. The van der Waals surface area contributed by atoms with Crippen LogP contribution in [-0.4, -0.2) is 57.3 Å². The fourth-order valence-corrected chi connectivity index (χ4v) is 5.20. The van der Waals surface area contributed by atoms with Crippen LogP contribution in [0.3, 0.4) is 0 Å². The van der Waals surface area contributed by atoms with Gasteiger partial charge in [-0.3, -0.25) is 23.9 Å². The number of fused-ring (bicyclic) bond motifs is 1. The lowest BCUT2D eigenvalue weighted by Crippen LogP contribution is -2.33. The molecule has 1 aliphatic rings. The number of nitrogens with zero attached hydrogens (tertiary/aromatic N) is 3. The summed E-state index contributed by atoms with van der Waals surface area (Å²) in [5.74, 6) is -0.627. The molecule has 3 rings (SSSR count). The molecule has 41 heavy (non-hydrogen) atoms. The highest BCUT2D eigenvalue weighted by molar-refractivity contribution is 7.36. The molecular weight excluding hydrogens is 551 g/mol. The second-order valence-electron chi connectivity index (χ2n) is 11.7. The maximum atomic E-state index is 12.7. The zero-order chi connectivity index (χ0) is 30.4. The number of esters is 2. The number of carbonyl (C=O) groups is 2. The van der Waals surface area contributed by atoms with E-state index in [1.165, 1.54) is 6.33 Å². The maximum Gasteiger partial charge on any atom is 0.613 e. The summed E-state index contributed by atoms with van der Waals surface area (Å²) >= 11 is 0. The van der Waals surface area contributed by atoms with Gasteiger partial charge < -0.3 is 15.2 Å². The number of ether oxygens (including phenoxy) is 2. The van der Waals surface area contributed by atoms with Gasteiger partial charge in [0, 0.05) is 6.20 Å². The van der Waals surface area contributed by atoms with Crippen LogP contribution in [0.5, 0.6) is 0 Å². The first-order valence-corrected chi connectivity index (χ1v) is 15.1. The fraction of sp³-hybridized carbons (Fsp3) is 0.667. The van der Waals surface area contributed by atoms with Gasteiger partial charge in [-0.15, -0.1) is 4.52 Å². The van der Waals surface area contributed by atoms with Gasteiger partial charge in [0.15, 0.2) is 11.2 Å². The Bertz CT molecular complexity index is 1340. The van der Waals surface area contributed by atoms with Gasteiger partial charge in [-0.1, -0.05) is 31.8 Å². The average molecular weight is 594 g/mol. The third kappa shape index (κ3) is 8.67. The van der Waals surface area contributed by atoms with Crippen LogP contribution in [0.25, 0.3) is 17.4 Å². The van der Waals surface area contributed by atoms with Crippen molar-refractivity contribution >= 4 is 43.4 Å². The molecular formula is C27H42N6O7P+. The number of imidazole rings is 1. The van der Waals surface area contributed by atoms with E-state index >= 15 is 0 Å². The summed E-state index contributed by atoms with van der Waals surface area (Å²) in [6, 6.07) is -0.835. The van der Waals surface area contributed by atoms with Crippen LogP contribution in [0.4, 0.5) is 5.95 Å². The van der Waals surface area contributed by atoms with E-state index in [-0.39, 0.29) is 36.3 Å². The molecule has 14 heteroatoms. The van der Waals surface area contributed by atoms with Crippen molar-refractivity contribution in [1.82, 2.24) is 24.6 Å². The van der Waals surface area contributed by atoms with E-state index in [9.17, 15) is 18.9 Å². The zero-order valence-electron chi connectivity index (χ0n) is 24.7. The van der Waals surface area contributed by atoms with Gasteiger partial charge in [-0.25, -0.2) is 4.98 Å². The van der Waals surface area contributed by atoms with Gasteiger partial charge in [0.1, 0.15) is 25.6 Å². The summed E-state index contributed by atoms with van der Waals surface area (Å²) in [6.45, 7) is 11.3. The first-order chi connectivity index (χ1) is 19.3. The van der Waals surface area contributed by atoms with Crippen molar-refractivity contribution in [2.45, 2.75) is 79.7 Å². The molecule has 0 amide bonds. The van der Waals surface area contributed by atoms with Crippen LogP contribution in [0.2, 0.25) is 0 Å². The van der Waals surface area contributed by atoms with Gasteiger partial charge in [0.25, 0.3) is 5.56 Å². The number of aromatic amines is 1. The van der Waals surface area contributed by atoms with Gasteiger partial charge in [0.05, 0.1) is 17.4 Å². The molecule has 0 radical (unpaired) electrons. The average Bonchev–Trinajstić information content (AvgIpc) is 3.42. The van der Waals surface area contributed by atoms with Crippen molar-refractivity contribution in [2.24, 2.45) is 16.7 Å². The van der Waals surface area contributed by atoms with Gasteiger partial charge in [0.2, 0.25) is 5.95 Å². The number of H-pyrrole nitrogens is 1. The Morgan fingerprint density at radius 1 is 1.24 bits per heavy atom. The van der Waals surface area contributed by atoms with E-state index < -0.39 is 36.6 Å². The minimum absolute atomic E-state index is 0.00523. The Morgan fingerprint density at radius 2 is 1.93 bits per heavy atom. The van der Waals surface area contributed by atoms with E-state index in [0.29, 0.717) is 18.9 Å². The molecule has 2 heterocycles. The lowest BCUT2D eigenvalue weighted by Gasteiger charge is -2.19. The molecule has 0 aliphatic heterocycles. The van der Waals surface area contributed by atoms with E-state index in [2.05, 4.69) is 33.9 Å². The molecule has 3 atom stereocenters. The monoisotopic (exact) mass is 593 g/mol. The van der Waals surface area contributed by atoms with Crippen molar-refractivity contribution < 1.29 is 28.2 Å². The standard InChI is InChI=1S/C27H41N6O7P/c1-7-9-18(10-8-2)13-38-23(35)17(3)32-41(37)40-15-27(14-39-24(36)26(4,5)6)11-19(27)12-33-16-29-20-21(33)30-25(28)31-22(20)34/h12,16-18H,7-11,13-15H2,1-6H3,(H3-,28,30,31,32,34,37)/p+1. The fourth-order valence-electron chi connectivity index (χ4n) is 4.34. The number of aromatic nitrogens is 4. The number of hydrogen-bond donors (Lipinski definition) is 3. The molecule has 1 saturated carbocycles. The van der Waals surface area contributed by atoms with Crippen molar-refractivity contribution in [3.8, 4) is 0 Å². The quantitative estimate of drug-likeness (QED) is 0.201. The molecule has 0 saturated heterocycles. The lowest BCUT2D eigenvalue weighted by atomic mass is 9.97. The van der Waals surface area contributed by atoms with Crippen molar-refractivity contribution in [2.75, 3.05) is 25.6 Å². The van der Waals surface area contributed by atoms with E-state index in [0.717, 1.165) is 31.3 Å². The summed E-state index contributed by atoms with van der Waals surface area (Å²) in [6.07, 6.45) is 7.61. The highest BCUT2D eigenvalue weighted by Crippen LogP contribution is 2.54. The minimum Gasteiger partial charge on any atom is -0.464 e. The number of nitrogens with one attached hydrogen (secondary N) is 2. The molecule has 13 nitrogen and oxygen atoms in total. The van der Waals surface area contributed by atoms with Crippen LogP contribution < -0.4 is 16.4 Å².